The van der Waals surface area contributed by atoms with Gasteiger partial charge in [0.1, 0.15) is 12.0 Å². The number of oxazole rings is 1. The first kappa shape index (κ1) is 14.9. The molecule has 9 heteroatoms. The number of thiophene rings is 1. The summed E-state index contributed by atoms with van der Waals surface area (Å²) in [4.78, 5) is 5.48. The third-order valence-electron chi connectivity index (χ3n) is 3.17. The number of aromatic hydroxyl groups is 1. The number of nitrogens with zero attached hydrogens (tertiary/aromatic N) is 5. The average Bonchev–Trinajstić information content (AvgIpc) is 3.34. The van der Waals surface area contributed by atoms with Gasteiger partial charge in [0.05, 0.1) is 16.3 Å². The van der Waals surface area contributed by atoms with Crippen LogP contribution in [-0.4, -0.2) is 30.3 Å². The first-order chi connectivity index (χ1) is 11.8. The lowest BCUT2D eigenvalue weighted by molar-refractivity contribution is 0.475. The van der Waals surface area contributed by atoms with E-state index in [1.807, 2.05) is 17.5 Å². The van der Waals surface area contributed by atoms with Gasteiger partial charge in [-0.2, -0.15) is 4.68 Å². The van der Waals surface area contributed by atoms with E-state index in [2.05, 4.69) is 20.5 Å². The largest absolute Gasteiger partial charge is 0.508 e. The molecule has 4 aromatic rings. The lowest BCUT2D eigenvalue weighted by Gasteiger charge is -2.03. The predicted octanol–water partition coefficient (Wildman–Crippen LogP) is 3.38. The van der Waals surface area contributed by atoms with Gasteiger partial charge in [0.25, 0.3) is 0 Å². The average molecular weight is 357 g/mol. The Bertz CT molecular complexity index is 931. The van der Waals surface area contributed by atoms with Gasteiger partial charge in [0.15, 0.2) is 0 Å². The van der Waals surface area contributed by atoms with Crippen molar-refractivity contribution in [2.75, 3.05) is 0 Å². The molecular weight excluding hydrogens is 346 g/mol. The molecule has 3 aromatic heterocycles. The summed E-state index contributed by atoms with van der Waals surface area (Å²) in [6, 6.07) is 10.6. The lowest BCUT2D eigenvalue weighted by atomic mass is 10.3. The topological polar surface area (TPSA) is 89.9 Å². The highest BCUT2D eigenvalue weighted by Gasteiger charge is 2.12. The first-order valence-corrected chi connectivity index (χ1v) is 8.85. The SMILES string of the molecule is Oc1ccc(-n2nnnc2SCc2coc(-c3cccs3)n2)cc1. The van der Waals surface area contributed by atoms with Gasteiger partial charge in [-0.1, -0.05) is 17.8 Å². The summed E-state index contributed by atoms with van der Waals surface area (Å²) in [6.45, 7) is 0. The normalized spacial score (nSPS) is 11.0. The minimum Gasteiger partial charge on any atom is -0.508 e. The van der Waals surface area contributed by atoms with Crippen molar-refractivity contribution in [2.45, 2.75) is 10.9 Å². The molecule has 1 aromatic carbocycles. The quantitative estimate of drug-likeness (QED) is 0.548. The smallest absolute Gasteiger partial charge is 0.236 e. The third kappa shape index (κ3) is 3.03. The van der Waals surface area contributed by atoms with Crippen LogP contribution in [0.25, 0.3) is 16.5 Å². The molecule has 0 aliphatic rings. The van der Waals surface area contributed by atoms with E-state index in [1.54, 1.807) is 46.5 Å². The van der Waals surface area contributed by atoms with Crippen LogP contribution in [0.5, 0.6) is 5.75 Å². The van der Waals surface area contributed by atoms with Crippen molar-refractivity contribution in [1.82, 2.24) is 25.2 Å². The van der Waals surface area contributed by atoms with Crippen molar-refractivity contribution >= 4 is 23.1 Å². The van der Waals surface area contributed by atoms with Gasteiger partial charge in [-0.3, -0.25) is 0 Å². The van der Waals surface area contributed by atoms with Crippen LogP contribution >= 0.6 is 23.1 Å². The summed E-state index contributed by atoms with van der Waals surface area (Å²) < 4.78 is 7.12. The van der Waals surface area contributed by atoms with Crippen LogP contribution in [0, 0.1) is 0 Å². The Morgan fingerprint density at radius 2 is 2.08 bits per heavy atom. The second-order valence-corrected chi connectivity index (χ2v) is 6.69. The molecule has 120 valence electrons. The Morgan fingerprint density at radius 3 is 2.88 bits per heavy atom. The van der Waals surface area contributed by atoms with E-state index in [0.29, 0.717) is 16.8 Å². The van der Waals surface area contributed by atoms with E-state index in [0.717, 1.165) is 16.3 Å². The number of rotatable bonds is 5. The highest BCUT2D eigenvalue weighted by Crippen LogP contribution is 2.27. The number of tetrazole rings is 1. The fraction of sp³-hybridized carbons (Fsp3) is 0.0667. The summed E-state index contributed by atoms with van der Waals surface area (Å²) in [5.41, 5.74) is 1.60. The zero-order chi connectivity index (χ0) is 16.4. The molecule has 0 atom stereocenters. The summed E-state index contributed by atoms with van der Waals surface area (Å²) >= 11 is 3.05. The van der Waals surface area contributed by atoms with Gasteiger partial charge >= 0.3 is 0 Å². The van der Waals surface area contributed by atoms with Gasteiger partial charge in [0, 0.05) is 5.75 Å². The van der Waals surface area contributed by atoms with Crippen LogP contribution in [0.2, 0.25) is 0 Å². The monoisotopic (exact) mass is 357 g/mol. The zero-order valence-electron chi connectivity index (χ0n) is 12.2. The van der Waals surface area contributed by atoms with Crippen LogP contribution in [-0.2, 0) is 5.75 Å². The summed E-state index contributed by atoms with van der Waals surface area (Å²) in [5, 5.41) is 23.7. The van der Waals surface area contributed by atoms with Gasteiger partial charge in [-0.25, -0.2) is 4.98 Å². The van der Waals surface area contributed by atoms with E-state index in [9.17, 15) is 5.11 Å². The van der Waals surface area contributed by atoms with Gasteiger partial charge in [0.2, 0.25) is 11.0 Å². The number of phenols is 1. The molecule has 0 unspecified atom stereocenters. The van der Waals surface area contributed by atoms with Crippen LogP contribution in [0.1, 0.15) is 5.69 Å². The molecule has 0 amide bonds. The van der Waals surface area contributed by atoms with Crippen molar-refractivity contribution in [3.8, 4) is 22.2 Å². The summed E-state index contributed by atoms with van der Waals surface area (Å²) in [5.74, 6) is 1.41. The number of thioether (sulfide) groups is 1. The zero-order valence-corrected chi connectivity index (χ0v) is 13.9. The molecule has 0 saturated carbocycles. The molecule has 0 spiro atoms. The molecule has 0 aliphatic heterocycles. The Labute approximate surface area is 145 Å². The molecule has 4 rings (SSSR count). The number of benzene rings is 1. The Morgan fingerprint density at radius 1 is 1.21 bits per heavy atom. The van der Waals surface area contributed by atoms with Gasteiger partial charge < -0.3 is 9.52 Å². The molecule has 3 heterocycles. The molecule has 1 N–H and O–H groups in total. The number of phenolic OH excluding ortho intramolecular Hbond substituents is 1. The van der Waals surface area contributed by atoms with Gasteiger partial charge in [-0.05, 0) is 46.1 Å². The molecule has 0 bridgehead atoms. The Hall–Kier alpha value is -2.65. The lowest BCUT2D eigenvalue weighted by Crippen LogP contribution is -1.98. The Balaban J connectivity index is 1.49. The third-order valence-corrected chi connectivity index (χ3v) is 4.98. The molecule has 24 heavy (non-hydrogen) atoms. The molecule has 0 fully saturated rings. The van der Waals surface area contributed by atoms with Crippen LogP contribution in [0.3, 0.4) is 0 Å². The molecule has 7 nitrogen and oxygen atoms in total. The van der Waals surface area contributed by atoms with Gasteiger partial charge in [-0.15, -0.1) is 16.4 Å². The predicted molar refractivity (Wildman–Crippen MR) is 90.2 cm³/mol. The maximum atomic E-state index is 9.37. The standard InChI is InChI=1S/C15H11N5O2S2/c21-12-5-3-11(4-6-12)20-15(17-18-19-20)24-9-10-8-22-14(16-10)13-2-1-7-23-13/h1-8,21H,9H2. The van der Waals surface area contributed by atoms with Crippen LogP contribution in [0.15, 0.2) is 57.6 Å². The second-order valence-electron chi connectivity index (χ2n) is 4.80. The van der Waals surface area contributed by atoms with E-state index in [-0.39, 0.29) is 5.75 Å². The van der Waals surface area contributed by atoms with Crippen molar-refractivity contribution < 1.29 is 9.52 Å². The fourth-order valence-corrected chi connectivity index (χ4v) is 3.47. The number of hydrogen-bond acceptors (Lipinski definition) is 8. The first-order valence-electron chi connectivity index (χ1n) is 6.98. The van der Waals surface area contributed by atoms with Crippen molar-refractivity contribution in [2.24, 2.45) is 0 Å². The molecular formula is C15H11N5O2S2. The maximum absolute atomic E-state index is 9.37. The maximum Gasteiger partial charge on any atom is 0.236 e. The molecule has 0 radical (unpaired) electrons. The number of aromatic nitrogens is 5. The van der Waals surface area contributed by atoms with Crippen LogP contribution in [0.4, 0.5) is 0 Å². The van der Waals surface area contributed by atoms with E-state index < -0.39 is 0 Å². The van der Waals surface area contributed by atoms with E-state index in [1.165, 1.54) is 11.8 Å². The second kappa shape index (κ2) is 6.46. The van der Waals surface area contributed by atoms with Crippen LogP contribution < -0.4 is 0 Å². The molecule has 0 saturated heterocycles. The van der Waals surface area contributed by atoms with Crippen molar-refractivity contribution in [1.29, 1.82) is 0 Å². The van der Waals surface area contributed by atoms with Crippen molar-refractivity contribution in [3.63, 3.8) is 0 Å². The summed E-state index contributed by atoms with van der Waals surface area (Å²) in [7, 11) is 0. The highest BCUT2D eigenvalue weighted by atomic mass is 32.2. The van der Waals surface area contributed by atoms with Crippen molar-refractivity contribution in [3.05, 3.63) is 53.7 Å². The number of hydrogen-bond donors (Lipinski definition) is 1. The Kier molecular flexibility index (Phi) is 4.01. The molecule has 0 aliphatic carbocycles. The highest BCUT2D eigenvalue weighted by molar-refractivity contribution is 7.98. The minimum absolute atomic E-state index is 0.199. The minimum atomic E-state index is 0.199. The van der Waals surface area contributed by atoms with E-state index >= 15 is 0 Å². The van der Waals surface area contributed by atoms with E-state index in [4.69, 9.17) is 4.42 Å². The fourth-order valence-electron chi connectivity index (χ4n) is 2.05. The summed E-state index contributed by atoms with van der Waals surface area (Å²) in [6.07, 6.45) is 1.65.